The van der Waals surface area contributed by atoms with Crippen molar-refractivity contribution in [3.05, 3.63) is 65.5 Å². The standard InChI is InChI=1S/C27H32FN3O4.ClH/c1-35-24-5-2-4-20(16-24)17-30-18-25(32)31(26(33)19-30)13-3-12-29-14-10-22(11-15-29)27(34)21-6-8-23(28)9-7-21;/h2,4-9,16,22H,3,10-15,17-19H2,1H3;1H. The molecule has 0 saturated carbocycles. The highest BCUT2D eigenvalue weighted by molar-refractivity contribution is 5.99. The first-order valence-electron chi connectivity index (χ1n) is 12.1. The molecular weight excluding hydrogens is 485 g/mol. The topological polar surface area (TPSA) is 70.2 Å². The molecular formula is C27H33ClFN3O4. The second kappa shape index (κ2) is 12.9. The van der Waals surface area contributed by atoms with Crippen LogP contribution in [0.1, 0.15) is 35.2 Å². The zero-order valence-electron chi connectivity index (χ0n) is 20.5. The highest BCUT2D eigenvalue weighted by Gasteiger charge is 2.31. The minimum absolute atomic E-state index is 0. The van der Waals surface area contributed by atoms with E-state index in [1.54, 1.807) is 19.2 Å². The number of amides is 2. The number of Topliss-reactive ketones (excluding diaryl/α,β-unsaturated/α-hetero) is 1. The Bertz CT molecular complexity index is 1040. The lowest BCUT2D eigenvalue weighted by molar-refractivity contribution is -0.151. The van der Waals surface area contributed by atoms with Gasteiger partial charge in [-0.05, 0) is 80.9 Å². The Morgan fingerprint density at radius 1 is 0.972 bits per heavy atom. The molecule has 2 aromatic carbocycles. The summed E-state index contributed by atoms with van der Waals surface area (Å²) in [6.45, 7) is 3.76. The quantitative estimate of drug-likeness (QED) is 0.375. The molecule has 0 atom stereocenters. The van der Waals surface area contributed by atoms with Crippen LogP contribution in [0.25, 0.3) is 0 Å². The van der Waals surface area contributed by atoms with Crippen LogP contribution < -0.4 is 4.74 Å². The second-order valence-electron chi connectivity index (χ2n) is 9.28. The number of hydrogen-bond acceptors (Lipinski definition) is 6. The lowest BCUT2D eigenvalue weighted by Crippen LogP contribution is -2.54. The van der Waals surface area contributed by atoms with E-state index in [0.29, 0.717) is 25.1 Å². The highest BCUT2D eigenvalue weighted by atomic mass is 35.5. The van der Waals surface area contributed by atoms with Crippen LogP contribution in [0.5, 0.6) is 5.75 Å². The monoisotopic (exact) mass is 517 g/mol. The summed E-state index contributed by atoms with van der Waals surface area (Å²) in [6.07, 6.45) is 2.23. The van der Waals surface area contributed by atoms with Gasteiger partial charge in [0, 0.05) is 24.6 Å². The number of ketones is 1. The van der Waals surface area contributed by atoms with Gasteiger partial charge in [0.2, 0.25) is 11.8 Å². The average molecular weight is 518 g/mol. The molecule has 4 rings (SSSR count). The van der Waals surface area contributed by atoms with Crippen LogP contribution in [0, 0.1) is 11.7 Å². The molecule has 0 aliphatic carbocycles. The van der Waals surface area contributed by atoms with Crippen LogP contribution in [0.3, 0.4) is 0 Å². The van der Waals surface area contributed by atoms with Gasteiger partial charge in [-0.3, -0.25) is 24.2 Å². The summed E-state index contributed by atoms with van der Waals surface area (Å²) in [5, 5.41) is 0. The largest absolute Gasteiger partial charge is 0.497 e. The van der Waals surface area contributed by atoms with Gasteiger partial charge in [-0.25, -0.2) is 4.39 Å². The number of nitrogens with zero attached hydrogens (tertiary/aromatic N) is 3. The predicted molar refractivity (Wildman–Crippen MR) is 137 cm³/mol. The summed E-state index contributed by atoms with van der Waals surface area (Å²) < 4.78 is 18.4. The maximum atomic E-state index is 13.1. The van der Waals surface area contributed by atoms with Gasteiger partial charge in [0.1, 0.15) is 11.6 Å². The minimum atomic E-state index is -0.341. The highest BCUT2D eigenvalue weighted by Crippen LogP contribution is 2.22. The summed E-state index contributed by atoms with van der Waals surface area (Å²) in [6, 6.07) is 13.4. The van der Waals surface area contributed by atoms with E-state index in [2.05, 4.69) is 4.90 Å². The molecule has 2 fully saturated rings. The van der Waals surface area contributed by atoms with E-state index in [1.807, 2.05) is 29.2 Å². The van der Waals surface area contributed by atoms with E-state index >= 15 is 0 Å². The van der Waals surface area contributed by atoms with Crippen LogP contribution in [-0.4, -0.2) is 78.7 Å². The van der Waals surface area contributed by atoms with Crippen molar-refractivity contribution < 1.29 is 23.5 Å². The van der Waals surface area contributed by atoms with Crippen LogP contribution in [-0.2, 0) is 16.1 Å². The number of likely N-dealkylation sites (tertiary alicyclic amines) is 1. The fraction of sp³-hybridized carbons (Fsp3) is 0.444. The number of piperidine rings is 1. The van der Waals surface area contributed by atoms with Crippen molar-refractivity contribution in [2.24, 2.45) is 5.92 Å². The van der Waals surface area contributed by atoms with Crippen molar-refractivity contribution >= 4 is 30.0 Å². The summed E-state index contributed by atoms with van der Waals surface area (Å²) >= 11 is 0. The molecule has 7 nitrogen and oxygen atoms in total. The van der Waals surface area contributed by atoms with Crippen molar-refractivity contribution in [1.29, 1.82) is 0 Å². The lowest BCUT2D eigenvalue weighted by Gasteiger charge is -2.34. The fourth-order valence-electron chi connectivity index (χ4n) is 4.86. The third-order valence-electron chi connectivity index (χ3n) is 6.80. The first-order chi connectivity index (χ1) is 16.9. The number of carbonyl (C=O) groups is 3. The van der Waals surface area contributed by atoms with Gasteiger partial charge in [0.15, 0.2) is 5.78 Å². The zero-order valence-corrected chi connectivity index (χ0v) is 21.3. The van der Waals surface area contributed by atoms with Gasteiger partial charge in [0.05, 0.1) is 20.2 Å². The molecule has 9 heteroatoms. The molecule has 2 saturated heterocycles. The Kier molecular flexibility index (Phi) is 9.98. The Morgan fingerprint density at radius 2 is 1.64 bits per heavy atom. The molecule has 0 unspecified atom stereocenters. The first-order valence-corrected chi connectivity index (χ1v) is 12.1. The van der Waals surface area contributed by atoms with E-state index in [4.69, 9.17) is 4.74 Å². The number of imide groups is 1. The van der Waals surface area contributed by atoms with Gasteiger partial charge in [-0.15, -0.1) is 12.4 Å². The maximum Gasteiger partial charge on any atom is 0.243 e. The number of piperazine rings is 1. The van der Waals surface area contributed by atoms with E-state index in [1.165, 1.54) is 17.0 Å². The number of hydrogen-bond donors (Lipinski definition) is 0. The number of benzene rings is 2. The summed E-state index contributed by atoms with van der Waals surface area (Å²) in [5.74, 6) is 0.125. The molecule has 2 heterocycles. The number of halogens is 2. The summed E-state index contributed by atoms with van der Waals surface area (Å²) in [4.78, 5) is 43.5. The maximum absolute atomic E-state index is 13.1. The normalized spacial score (nSPS) is 17.7. The van der Waals surface area contributed by atoms with Crippen molar-refractivity contribution in [3.8, 4) is 5.75 Å². The van der Waals surface area contributed by atoms with Crippen LogP contribution >= 0.6 is 12.4 Å². The number of carbonyl (C=O) groups excluding carboxylic acids is 3. The summed E-state index contributed by atoms with van der Waals surface area (Å²) in [5.41, 5.74) is 1.56. The third-order valence-corrected chi connectivity index (χ3v) is 6.80. The van der Waals surface area contributed by atoms with Crippen molar-refractivity contribution in [2.75, 3.05) is 46.4 Å². The van der Waals surface area contributed by atoms with Gasteiger partial charge >= 0.3 is 0 Å². The molecule has 2 aromatic rings. The Balaban J connectivity index is 0.00000361. The Labute approximate surface area is 217 Å². The molecule has 0 radical (unpaired) electrons. The SMILES string of the molecule is COc1cccc(CN2CC(=O)N(CCCN3CCC(C(=O)c4ccc(F)cc4)CC3)C(=O)C2)c1.Cl. The average Bonchev–Trinajstić information content (AvgIpc) is 2.86. The number of methoxy groups -OCH3 is 1. The molecule has 2 aliphatic rings. The van der Waals surface area contributed by atoms with Crippen LogP contribution in [0.4, 0.5) is 4.39 Å². The van der Waals surface area contributed by atoms with Crippen molar-refractivity contribution in [3.63, 3.8) is 0 Å². The molecule has 194 valence electrons. The van der Waals surface area contributed by atoms with E-state index in [9.17, 15) is 18.8 Å². The van der Waals surface area contributed by atoms with Gasteiger partial charge in [-0.1, -0.05) is 12.1 Å². The van der Waals surface area contributed by atoms with E-state index in [0.717, 1.165) is 43.8 Å². The first kappa shape index (κ1) is 27.8. The molecule has 2 amide bonds. The minimum Gasteiger partial charge on any atom is -0.497 e. The van der Waals surface area contributed by atoms with Crippen molar-refractivity contribution in [1.82, 2.24) is 14.7 Å². The number of rotatable bonds is 9. The van der Waals surface area contributed by atoms with Gasteiger partial charge < -0.3 is 9.64 Å². The molecule has 2 aliphatic heterocycles. The lowest BCUT2D eigenvalue weighted by atomic mass is 9.89. The molecule has 0 spiro atoms. The smallest absolute Gasteiger partial charge is 0.243 e. The van der Waals surface area contributed by atoms with Crippen molar-refractivity contribution in [2.45, 2.75) is 25.8 Å². The Hall–Kier alpha value is -2.81. The van der Waals surface area contributed by atoms with Crippen LogP contribution in [0.2, 0.25) is 0 Å². The molecule has 0 bridgehead atoms. The molecule has 0 aromatic heterocycles. The second-order valence-corrected chi connectivity index (χ2v) is 9.28. The zero-order chi connectivity index (χ0) is 24.8. The number of ether oxygens (including phenoxy) is 1. The molecule has 0 N–H and O–H groups in total. The van der Waals surface area contributed by atoms with Crippen LogP contribution in [0.15, 0.2) is 48.5 Å². The molecule has 36 heavy (non-hydrogen) atoms. The van der Waals surface area contributed by atoms with E-state index in [-0.39, 0.29) is 54.8 Å². The predicted octanol–water partition coefficient (Wildman–Crippen LogP) is 3.41. The Morgan fingerprint density at radius 3 is 2.28 bits per heavy atom. The van der Waals surface area contributed by atoms with Gasteiger partial charge in [-0.2, -0.15) is 0 Å². The fourth-order valence-corrected chi connectivity index (χ4v) is 4.86. The third kappa shape index (κ3) is 7.12. The summed E-state index contributed by atoms with van der Waals surface area (Å²) in [7, 11) is 1.61. The van der Waals surface area contributed by atoms with E-state index < -0.39 is 0 Å². The van der Waals surface area contributed by atoms with Gasteiger partial charge in [0.25, 0.3) is 0 Å².